The van der Waals surface area contributed by atoms with Crippen LogP contribution in [-0.2, 0) is 11.3 Å². The zero-order chi connectivity index (χ0) is 12.8. The average molecular weight is 245 g/mol. The van der Waals surface area contributed by atoms with E-state index in [0.717, 1.165) is 0 Å². The summed E-state index contributed by atoms with van der Waals surface area (Å²) < 4.78 is 1.92. The molecule has 94 valence electrons. The van der Waals surface area contributed by atoms with Gasteiger partial charge in [-0.05, 0) is 6.07 Å². The molecule has 0 aliphatic rings. The quantitative estimate of drug-likeness (QED) is 0.848. The molecule has 2 aromatic rings. The maximum absolute atomic E-state index is 11.1. The summed E-state index contributed by atoms with van der Waals surface area (Å²) in [5.74, 6) is 1.35. The molecular formula is C12H15N5O. The van der Waals surface area contributed by atoms with Crippen LogP contribution < -0.4 is 5.32 Å². The zero-order valence-corrected chi connectivity index (χ0v) is 10.2. The van der Waals surface area contributed by atoms with Crippen LogP contribution in [0.4, 0.5) is 0 Å². The molecule has 1 N–H and O–H groups in total. The van der Waals surface area contributed by atoms with Crippen LogP contribution in [0.25, 0.3) is 11.6 Å². The highest BCUT2D eigenvalue weighted by molar-refractivity contribution is 5.75. The van der Waals surface area contributed by atoms with Gasteiger partial charge in [0.05, 0.1) is 0 Å². The summed E-state index contributed by atoms with van der Waals surface area (Å²) in [5.41, 5.74) is 0. The number of nitrogens with zero attached hydrogens (tertiary/aromatic N) is 4. The van der Waals surface area contributed by atoms with Crippen molar-refractivity contribution in [2.45, 2.75) is 19.9 Å². The predicted octanol–water partition coefficient (Wildman–Crippen LogP) is 0.866. The van der Waals surface area contributed by atoms with Crippen molar-refractivity contribution < 1.29 is 4.79 Å². The van der Waals surface area contributed by atoms with Gasteiger partial charge in [0.25, 0.3) is 0 Å². The Labute approximate surface area is 105 Å². The molecule has 0 aliphatic heterocycles. The van der Waals surface area contributed by atoms with Crippen molar-refractivity contribution in [3.63, 3.8) is 0 Å². The number of nitrogens with one attached hydrogen (secondary N) is 1. The summed E-state index contributed by atoms with van der Waals surface area (Å²) in [7, 11) is 0. The van der Waals surface area contributed by atoms with Crippen molar-refractivity contribution in [3.8, 4) is 11.6 Å². The van der Waals surface area contributed by atoms with Crippen molar-refractivity contribution in [2.75, 3.05) is 6.54 Å². The van der Waals surface area contributed by atoms with E-state index in [0.29, 0.717) is 31.2 Å². The van der Waals surface area contributed by atoms with Crippen LogP contribution in [0.15, 0.2) is 30.9 Å². The minimum atomic E-state index is 0.0487. The average Bonchev–Trinajstić information content (AvgIpc) is 2.88. The number of amides is 1. The third-order valence-corrected chi connectivity index (χ3v) is 2.48. The summed E-state index contributed by atoms with van der Waals surface area (Å²) in [5, 5.41) is 2.82. The van der Waals surface area contributed by atoms with Crippen LogP contribution in [0.2, 0.25) is 0 Å². The van der Waals surface area contributed by atoms with Crippen molar-refractivity contribution in [2.24, 2.45) is 0 Å². The lowest BCUT2D eigenvalue weighted by molar-refractivity contribution is -0.120. The number of carbonyl (C=O) groups excluding carboxylic acids is 1. The summed E-state index contributed by atoms with van der Waals surface area (Å²) in [6.45, 7) is 3.05. The van der Waals surface area contributed by atoms with Crippen molar-refractivity contribution >= 4 is 5.91 Å². The molecular weight excluding hydrogens is 230 g/mol. The van der Waals surface area contributed by atoms with E-state index in [-0.39, 0.29) is 5.91 Å². The van der Waals surface area contributed by atoms with Crippen molar-refractivity contribution in [3.05, 3.63) is 30.9 Å². The summed E-state index contributed by atoms with van der Waals surface area (Å²) in [6, 6.07) is 1.76. The third-order valence-electron chi connectivity index (χ3n) is 2.48. The van der Waals surface area contributed by atoms with E-state index < -0.39 is 0 Å². The Hall–Kier alpha value is -2.24. The number of imidazole rings is 1. The molecule has 0 unspecified atom stereocenters. The first-order chi connectivity index (χ1) is 8.81. The van der Waals surface area contributed by atoms with E-state index in [9.17, 15) is 4.79 Å². The van der Waals surface area contributed by atoms with Crippen LogP contribution >= 0.6 is 0 Å². The molecule has 0 aromatic carbocycles. The minimum Gasteiger partial charge on any atom is -0.354 e. The van der Waals surface area contributed by atoms with Gasteiger partial charge in [0.1, 0.15) is 0 Å². The van der Waals surface area contributed by atoms with Crippen LogP contribution in [0.3, 0.4) is 0 Å². The fourth-order valence-electron chi connectivity index (χ4n) is 1.55. The van der Waals surface area contributed by atoms with Crippen LogP contribution in [-0.4, -0.2) is 32.0 Å². The molecule has 6 nitrogen and oxygen atoms in total. The molecule has 0 bridgehead atoms. The summed E-state index contributed by atoms with van der Waals surface area (Å²) in [4.78, 5) is 23.7. The summed E-state index contributed by atoms with van der Waals surface area (Å²) in [6.07, 6.45) is 7.41. The van der Waals surface area contributed by atoms with Gasteiger partial charge in [-0.3, -0.25) is 4.79 Å². The van der Waals surface area contributed by atoms with Gasteiger partial charge in [-0.2, -0.15) is 0 Å². The molecule has 2 rings (SSSR count). The molecule has 0 fully saturated rings. The molecule has 6 heteroatoms. The lowest BCUT2D eigenvalue weighted by Gasteiger charge is -2.07. The largest absolute Gasteiger partial charge is 0.354 e. The number of carbonyl (C=O) groups is 1. The maximum Gasteiger partial charge on any atom is 0.219 e. The van der Waals surface area contributed by atoms with Gasteiger partial charge in [-0.15, -0.1) is 0 Å². The van der Waals surface area contributed by atoms with E-state index in [1.165, 1.54) is 0 Å². The Bertz CT molecular complexity index is 508. The van der Waals surface area contributed by atoms with Crippen LogP contribution in [0.5, 0.6) is 0 Å². The molecule has 0 spiro atoms. The fraction of sp³-hybridized carbons (Fsp3) is 0.333. The standard InChI is InChI=1S/C12H15N5O/c1-2-10(18)13-6-8-17-9-7-16-12(17)11-14-4-3-5-15-11/h3-5,7,9H,2,6,8H2,1H3,(H,13,18). The van der Waals surface area contributed by atoms with E-state index in [1.807, 2.05) is 17.7 Å². The first-order valence-electron chi connectivity index (χ1n) is 5.86. The number of hydrogen-bond acceptors (Lipinski definition) is 4. The Morgan fingerprint density at radius 3 is 2.78 bits per heavy atom. The van der Waals surface area contributed by atoms with E-state index >= 15 is 0 Å². The molecule has 18 heavy (non-hydrogen) atoms. The maximum atomic E-state index is 11.1. The molecule has 0 saturated carbocycles. The minimum absolute atomic E-state index is 0.0487. The van der Waals surface area contributed by atoms with E-state index in [4.69, 9.17) is 0 Å². The van der Waals surface area contributed by atoms with Crippen LogP contribution in [0, 0.1) is 0 Å². The first-order valence-corrected chi connectivity index (χ1v) is 5.86. The topological polar surface area (TPSA) is 72.7 Å². The molecule has 0 aliphatic carbocycles. The van der Waals surface area contributed by atoms with Gasteiger partial charge < -0.3 is 9.88 Å². The van der Waals surface area contributed by atoms with Gasteiger partial charge in [0.15, 0.2) is 11.6 Å². The van der Waals surface area contributed by atoms with Crippen LogP contribution in [0.1, 0.15) is 13.3 Å². The first kappa shape index (κ1) is 12.2. The third kappa shape index (κ3) is 2.91. The monoisotopic (exact) mass is 245 g/mol. The number of aromatic nitrogens is 4. The van der Waals surface area contributed by atoms with Crippen molar-refractivity contribution in [1.82, 2.24) is 24.8 Å². The smallest absolute Gasteiger partial charge is 0.219 e. The predicted molar refractivity (Wildman–Crippen MR) is 66.6 cm³/mol. The van der Waals surface area contributed by atoms with Gasteiger partial charge in [-0.25, -0.2) is 15.0 Å². The highest BCUT2D eigenvalue weighted by Gasteiger charge is 2.07. The van der Waals surface area contributed by atoms with Gasteiger partial charge in [0, 0.05) is 44.3 Å². The van der Waals surface area contributed by atoms with Gasteiger partial charge in [0.2, 0.25) is 5.91 Å². The molecule has 0 radical (unpaired) electrons. The molecule has 0 atom stereocenters. The van der Waals surface area contributed by atoms with Crippen molar-refractivity contribution in [1.29, 1.82) is 0 Å². The fourth-order valence-corrected chi connectivity index (χ4v) is 1.55. The number of hydrogen-bond donors (Lipinski definition) is 1. The second-order valence-corrected chi connectivity index (χ2v) is 3.72. The normalized spacial score (nSPS) is 10.3. The Balaban J connectivity index is 2.03. The molecule has 0 saturated heterocycles. The lowest BCUT2D eigenvalue weighted by Crippen LogP contribution is -2.26. The summed E-state index contributed by atoms with van der Waals surface area (Å²) >= 11 is 0. The lowest BCUT2D eigenvalue weighted by atomic mass is 10.4. The zero-order valence-electron chi connectivity index (χ0n) is 10.2. The molecule has 2 heterocycles. The second-order valence-electron chi connectivity index (χ2n) is 3.72. The Kier molecular flexibility index (Phi) is 4.01. The van der Waals surface area contributed by atoms with E-state index in [1.54, 1.807) is 24.7 Å². The Morgan fingerprint density at radius 2 is 2.06 bits per heavy atom. The SMILES string of the molecule is CCC(=O)NCCn1ccnc1-c1ncccn1. The second kappa shape index (κ2) is 5.90. The highest BCUT2D eigenvalue weighted by atomic mass is 16.1. The molecule has 1 amide bonds. The number of rotatable bonds is 5. The van der Waals surface area contributed by atoms with E-state index in [2.05, 4.69) is 20.3 Å². The van der Waals surface area contributed by atoms with Gasteiger partial charge >= 0.3 is 0 Å². The molecule has 2 aromatic heterocycles. The van der Waals surface area contributed by atoms with Gasteiger partial charge in [-0.1, -0.05) is 6.92 Å². The Morgan fingerprint density at radius 1 is 1.28 bits per heavy atom. The highest BCUT2D eigenvalue weighted by Crippen LogP contribution is 2.10.